The molecule has 0 aliphatic carbocycles. The largest absolute Gasteiger partial charge is 0.336 e. The van der Waals surface area contributed by atoms with Crippen LogP contribution in [0.3, 0.4) is 0 Å². The molecule has 1 atom stereocenters. The zero-order chi connectivity index (χ0) is 14.0. The smallest absolute Gasteiger partial charge is 0.264 e. The van der Waals surface area contributed by atoms with Gasteiger partial charge in [0.15, 0.2) is 0 Å². The summed E-state index contributed by atoms with van der Waals surface area (Å²) in [4.78, 5) is 17.8. The number of carbonyl (C=O) groups is 1. The summed E-state index contributed by atoms with van der Waals surface area (Å²) in [5.41, 5.74) is 1.15. The summed E-state index contributed by atoms with van der Waals surface area (Å²) >= 11 is 5.03. The molecular formula is C14H21BrN2OS. The van der Waals surface area contributed by atoms with E-state index in [0.29, 0.717) is 6.04 Å². The third kappa shape index (κ3) is 3.20. The average molecular weight is 345 g/mol. The lowest BCUT2D eigenvalue weighted by atomic mass is 10.2. The minimum absolute atomic E-state index is 0.188. The molecule has 1 aromatic heterocycles. The van der Waals surface area contributed by atoms with Crippen LogP contribution in [0.2, 0.25) is 0 Å². The molecule has 1 amide bonds. The van der Waals surface area contributed by atoms with E-state index < -0.39 is 0 Å². The van der Waals surface area contributed by atoms with Crippen LogP contribution in [0.1, 0.15) is 35.5 Å². The third-order valence-electron chi connectivity index (χ3n) is 3.85. The van der Waals surface area contributed by atoms with E-state index in [-0.39, 0.29) is 5.91 Å². The van der Waals surface area contributed by atoms with Gasteiger partial charge in [0.1, 0.15) is 0 Å². The van der Waals surface area contributed by atoms with Gasteiger partial charge in [-0.2, -0.15) is 0 Å². The highest BCUT2D eigenvalue weighted by Gasteiger charge is 2.30. The molecule has 0 N–H and O–H groups in total. The van der Waals surface area contributed by atoms with Crippen molar-refractivity contribution in [2.75, 3.05) is 26.2 Å². The Bertz CT molecular complexity index is 437. The van der Waals surface area contributed by atoms with Crippen LogP contribution < -0.4 is 0 Å². The van der Waals surface area contributed by atoms with Crippen LogP contribution in [0.15, 0.2) is 9.85 Å². The number of amides is 1. The minimum atomic E-state index is 0.188. The molecule has 1 saturated heterocycles. The summed E-state index contributed by atoms with van der Waals surface area (Å²) < 4.78 is 1.07. The van der Waals surface area contributed by atoms with Crippen molar-refractivity contribution in [1.29, 1.82) is 0 Å². The zero-order valence-electron chi connectivity index (χ0n) is 11.8. The summed E-state index contributed by atoms with van der Waals surface area (Å²) in [6.45, 7) is 10.3. The van der Waals surface area contributed by atoms with E-state index in [1.807, 2.05) is 17.9 Å². The second-order valence-electron chi connectivity index (χ2n) is 4.98. The molecule has 106 valence electrons. The minimum Gasteiger partial charge on any atom is -0.336 e. The van der Waals surface area contributed by atoms with Crippen LogP contribution in [0.4, 0.5) is 0 Å². The van der Waals surface area contributed by atoms with Gasteiger partial charge in [-0.1, -0.05) is 13.8 Å². The molecule has 2 heterocycles. The van der Waals surface area contributed by atoms with Gasteiger partial charge in [-0.25, -0.2) is 0 Å². The lowest BCUT2D eigenvalue weighted by molar-refractivity contribution is 0.0782. The van der Waals surface area contributed by atoms with Crippen LogP contribution in [-0.2, 0) is 0 Å². The maximum absolute atomic E-state index is 12.5. The Kier molecular flexibility index (Phi) is 5.03. The number of aryl methyl sites for hydroxylation is 1. The van der Waals surface area contributed by atoms with Gasteiger partial charge in [-0.15, -0.1) is 11.3 Å². The van der Waals surface area contributed by atoms with E-state index in [0.717, 1.165) is 46.8 Å². The fourth-order valence-electron chi connectivity index (χ4n) is 2.69. The summed E-state index contributed by atoms with van der Waals surface area (Å²) in [5.74, 6) is 0.188. The molecule has 1 unspecified atom stereocenters. The van der Waals surface area contributed by atoms with Crippen molar-refractivity contribution in [3.8, 4) is 0 Å². The number of hydrogen-bond donors (Lipinski definition) is 0. The molecule has 0 saturated carbocycles. The quantitative estimate of drug-likeness (QED) is 0.835. The summed E-state index contributed by atoms with van der Waals surface area (Å²) in [6, 6.07) is 2.52. The van der Waals surface area contributed by atoms with Crippen molar-refractivity contribution in [3.05, 3.63) is 20.3 Å². The Morgan fingerprint density at radius 3 is 2.74 bits per heavy atom. The summed E-state index contributed by atoms with van der Waals surface area (Å²) in [7, 11) is 0. The van der Waals surface area contributed by atoms with Gasteiger partial charge in [-0.05, 0) is 54.0 Å². The standard InChI is InChI=1S/C14H21BrN2OS/c1-4-16(5-2)11-6-7-17(9-11)14(18)12-8-10(3)13(15)19-12/h8,11H,4-7,9H2,1-3H3. The van der Waals surface area contributed by atoms with Crippen LogP contribution in [0.5, 0.6) is 0 Å². The molecule has 0 bridgehead atoms. The normalized spacial score (nSPS) is 19.4. The van der Waals surface area contributed by atoms with Crippen LogP contribution in [-0.4, -0.2) is 47.9 Å². The second-order valence-corrected chi connectivity index (χ2v) is 7.35. The topological polar surface area (TPSA) is 23.6 Å². The third-order valence-corrected chi connectivity index (χ3v) is 5.97. The molecule has 0 aromatic carbocycles. The first-order valence-corrected chi connectivity index (χ1v) is 8.47. The van der Waals surface area contributed by atoms with Gasteiger partial charge >= 0.3 is 0 Å². The Morgan fingerprint density at radius 2 is 2.21 bits per heavy atom. The molecule has 0 radical (unpaired) electrons. The van der Waals surface area contributed by atoms with Crippen LogP contribution in [0, 0.1) is 6.92 Å². The van der Waals surface area contributed by atoms with Gasteiger partial charge in [0.25, 0.3) is 5.91 Å². The van der Waals surface area contributed by atoms with E-state index in [4.69, 9.17) is 0 Å². The zero-order valence-corrected chi connectivity index (χ0v) is 14.2. The first-order chi connectivity index (χ1) is 9.06. The Hall–Kier alpha value is -0.390. The first kappa shape index (κ1) is 15.0. The lowest BCUT2D eigenvalue weighted by Crippen LogP contribution is -2.38. The number of hydrogen-bond acceptors (Lipinski definition) is 3. The highest BCUT2D eigenvalue weighted by Crippen LogP contribution is 2.29. The van der Waals surface area contributed by atoms with E-state index in [9.17, 15) is 4.79 Å². The molecular weight excluding hydrogens is 324 g/mol. The monoisotopic (exact) mass is 344 g/mol. The van der Waals surface area contributed by atoms with Crippen LogP contribution >= 0.6 is 27.3 Å². The van der Waals surface area contributed by atoms with Crippen molar-refractivity contribution in [2.45, 2.75) is 33.2 Å². The summed E-state index contributed by atoms with van der Waals surface area (Å²) in [5, 5.41) is 0. The van der Waals surface area contributed by atoms with Crippen molar-refractivity contribution in [1.82, 2.24) is 9.80 Å². The maximum atomic E-state index is 12.5. The lowest BCUT2D eigenvalue weighted by Gasteiger charge is -2.26. The number of likely N-dealkylation sites (N-methyl/N-ethyl adjacent to an activating group) is 1. The van der Waals surface area contributed by atoms with E-state index in [2.05, 4.69) is 34.7 Å². The fourth-order valence-corrected chi connectivity index (χ4v) is 4.19. The van der Waals surface area contributed by atoms with Gasteiger partial charge in [0.05, 0.1) is 8.66 Å². The van der Waals surface area contributed by atoms with Gasteiger partial charge in [-0.3, -0.25) is 9.69 Å². The average Bonchev–Trinajstić information content (AvgIpc) is 2.99. The molecule has 0 spiro atoms. The highest BCUT2D eigenvalue weighted by atomic mass is 79.9. The van der Waals surface area contributed by atoms with Gasteiger partial charge in [0, 0.05) is 19.1 Å². The summed E-state index contributed by atoms with van der Waals surface area (Å²) in [6.07, 6.45) is 1.10. The number of rotatable bonds is 4. The molecule has 2 rings (SSSR count). The second kappa shape index (κ2) is 6.37. The molecule has 1 aliphatic rings. The van der Waals surface area contributed by atoms with Crippen molar-refractivity contribution >= 4 is 33.2 Å². The van der Waals surface area contributed by atoms with Gasteiger partial charge < -0.3 is 4.90 Å². The number of carbonyl (C=O) groups excluding carboxylic acids is 1. The van der Waals surface area contributed by atoms with Crippen molar-refractivity contribution in [2.24, 2.45) is 0 Å². The van der Waals surface area contributed by atoms with Gasteiger partial charge in [0.2, 0.25) is 0 Å². The fraction of sp³-hybridized carbons (Fsp3) is 0.643. The number of thiophene rings is 1. The number of nitrogens with zero attached hydrogens (tertiary/aromatic N) is 2. The SMILES string of the molecule is CCN(CC)C1CCN(C(=O)c2cc(C)c(Br)s2)C1. The number of likely N-dealkylation sites (tertiary alicyclic amines) is 1. The van der Waals surface area contributed by atoms with Crippen molar-refractivity contribution in [3.63, 3.8) is 0 Å². The molecule has 3 nitrogen and oxygen atoms in total. The molecule has 1 fully saturated rings. The van der Waals surface area contributed by atoms with E-state index >= 15 is 0 Å². The number of halogens is 1. The molecule has 1 aromatic rings. The Morgan fingerprint density at radius 1 is 1.53 bits per heavy atom. The van der Waals surface area contributed by atoms with Crippen LogP contribution in [0.25, 0.3) is 0 Å². The maximum Gasteiger partial charge on any atom is 0.264 e. The Labute approximate surface area is 127 Å². The predicted octanol–water partition coefficient (Wildman–Crippen LogP) is 3.38. The molecule has 5 heteroatoms. The highest BCUT2D eigenvalue weighted by molar-refractivity contribution is 9.11. The van der Waals surface area contributed by atoms with E-state index in [1.165, 1.54) is 0 Å². The Balaban J connectivity index is 2.02. The molecule has 19 heavy (non-hydrogen) atoms. The predicted molar refractivity (Wildman–Crippen MR) is 84.0 cm³/mol. The first-order valence-electron chi connectivity index (χ1n) is 6.86. The molecule has 1 aliphatic heterocycles. The van der Waals surface area contributed by atoms with Crippen molar-refractivity contribution < 1.29 is 4.79 Å². The van der Waals surface area contributed by atoms with E-state index in [1.54, 1.807) is 11.3 Å².